The Balaban J connectivity index is 1.92. The summed E-state index contributed by atoms with van der Waals surface area (Å²) < 4.78 is 8.35. The van der Waals surface area contributed by atoms with Gasteiger partial charge in [0.05, 0.1) is 21.8 Å². The number of rotatable bonds is 5. The van der Waals surface area contributed by atoms with Gasteiger partial charge in [-0.05, 0) is 48.4 Å². The Morgan fingerprint density at radius 3 is 2.59 bits per heavy atom. The van der Waals surface area contributed by atoms with E-state index < -0.39 is 12.0 Å². The highest BCUT2D eigenvalue weighted by atomic mass is 79.9. The van der Waals surface area contributed by atoms with Crippen molar-refractivity contribution in [1.82, 2.24) is 4.57 Å². The first-order valence-corrected chi connectivity index (χ1v) is 11.7. The van der Waals surface area contributed by atoms with Crippen molar-refractivity contribution in [3.05, 3.63) is 113 Å². The number of carbonyl (C=O) groups excluding carboxylic acids is 1. The lowest BCUT2D eigenvalue weighted by molar-refractivity contribution is -0.138. The Morgan fingerprint density at radius 1 is 1.25 bits per heavy atom. The minimum Gasteiger partial charge on any atom is -0.458 e. The maximum atomic E-state index is 13.5. The van der Waals surface area contributed by atoms with Crippen LogP contribution < -0.4 is 14.9 Å². The standard InChI is InChI=1S/C24H18BrClN2O3S/c1-3-12-31-23(30)20-14(2)27-24-28(21(20)16-6-10-18(26)11-7-16)22(29)19(32-24)13-15-4-8-17(25)9-5-15/h3-11,13,21H,1,12H2,2H3. The molecule has 0 aliphatic carbocycles. The Kier molecular flexibility index (Phi) is 6.60. The second-order valence-corrected chi connectivity index (χ2v) is 9.43. The summed E-state index contributed by atoms with van der Waals surface area (Å²) in [7, 11) is 0. The van der Waals surface area contributed by atoms with Crippen LogP contribution in [-0.4, -0.2) is 17.1 Å². The van der Waals surface area contributed by atoms with Crippen LogP contribution in [-0.2, 0) is 9.53 Å². The van der Waals surface area contributed by atoms with Crippen LogP contribution in [0.3, 0.4) is 0 Å². The topological polar surface area (TPSA) is 60.7 Å². The minimum absolute atomic E-state index is 0.0664. The molecular formula is C24H18BrClN2O3S. The SMILES string of the molecule is C=CCOC(=O)C1=C(C)N=c2sc(=Cc3ccc(Br)cc3)c(=O)n2C1c1ccc(Cl)cc1. The summed E-state index contributed by atoms with van der Waals surface area (Å²) in [6.07, 6.45) is 3.32. The smallest absolute Gasteiger partial charge is 0.338 e. The molecule has 0 spiro atoms. The molecule has 32 heavy (non-hydrogen) atoms. The molecule has 0 N–H and O–H groups in total. The predicted octanol–water partition coefficient (Wildman–Crippen LogP) is 4.38. The molecule has 0 fully saturated rings. The fourth-order valence-corrected chi connectivity index (χ4v) is 4.90. The summed E-state index contributed by atoms with van der Waals surface area (Å²) in [6, 6.07) is 14.1. The molecule has 0 saturated carbocycles. The minimum atomic E-state index is -0.673. The third-order valence-corrected chi connectivity index (χ3v) is 6.69. The van der Waals surface area contributed by atoms with Crippen molar-refractivity contribution in [2.24, 2.45) is 4.99 Å². The lowest BCUT2D eigenvalue weighted by Gasteiger charge is -2.24. The fraction of sp³-hybridized carbons (Fsp3) is 0.125. The van der Waals surface area contributed by atoms with Crippen molar-refractivity contribution in [2.45, 2.75) is 13.0 Å². The molecule has 1 atom stereocenters. The van der Waals surface area contributed by atoms with Crippen LogP contribution in [0.25, 0.3) is 6.08 Å². The lowest BCUT2D eigenvalue weighted by atomic mass is 9.96. The summed E-state index contributed by atoms with van der Waals surface area (Å²) in [6.45, 7) is 5.41. The van der Waals surface area contributed by atoms with Crippen LogP contribution >= 0.6 is 38.9 Å². The molecule has 5 nitrogen and oxygen atoms in total. The van der Waals surface area contributed by atoms with Crippen LogP contribution in [0.4, 0.5) is 0 Å². The highest BCUT2D eigenvalue weighted by molar-refractivity contribution is 9.10. The van der Waals surface area contributed by atoms with Crippen LogP contribution in [0.15, 0.2) is 86.7 Å². The fourth-order valence-electron chi connectivity index (χ4n) is 3.47. The van der Waals surface area contributed by atoms with Crippen LogP contribution in [0.1, 0.15) is 24.1 Å². The maximum absolute atomic E-state index is 13.5. The lowest BCUT2D eigenvalue weighted by Crippen LogP contribution is -2.39. The number of ether oxygens (including phenoxy) is 1. The number of fused-ring (bicyclic) bond motifs is 1. The molecule has 162 valence electrons. The monoisotopic (exact) mass is 528 g/mol. The molecular weight excluding hydrogens is 512 g/mol. The number of benzene rings is 2. The zero-order valence-electron chi connectivity index (χ0n) is 17.0. The van der Waals surface area contributed by atoms with Gasteiger partial charge in [-0.25, -0.2) is 9.79 Å². The Morgan fingerprint density at radius 2 is 1.94 bits per heavy atom. The van der Waals surface area contributed by atoms with E-state index in [-0.39, 0.29) is 12.2 Å². The highest BCUT2D eigenvalue weighted by Gasteiger charge is 2.33. The second kappa shape index (κ2) is 9.40. The summed E-state index contributed by atoms with van der Waals surface area (Å²) in [5.74, 6) is -0.534. The van der Waals surface area contributed by atoms with Crippen molar-refractivity contribution in [2.75, 3.05) is 6.61 Å². The number of carbonyl (C=O) groups is 1. The van der Waals surface area contributed by atoms with E-state index in [2.05, 4.69) is 27.5 Å². The zero-order chi connectivity index (χ0) is 22.8. The van der Waals surface area contributed by atoms with Gasteiger partial charge < -0.3 is 4.74 Å². The number of esters is 1. The van der Waals surface area contributed by atoms with Crippen molar-refractivity contribution < 1.29 is 9.53 Å². The number of nitrogens with zero attached hydrogens (tertiary/aromatic N) is 2. The molecule has 3 aromatic rings. The molecule has 2 heterocycles. The zero-order valence-corrected chi connectivity index (χ0v) is 20.2. The molecule has 2 aromatic carbocycles. The average molecular weight is 530 g/mol. The number of hydrogen-bond acceptors (Lipinski definition) is 5. The van der Waals surface area contributed by atoms with E-state index in [0.717, 1.165) is 15.6 Å². The van der Waals surface area contributed by atoms with E-state index in [1.165, 1.54) is 17.4 Å². The van der Waals surface area contributed by atoms with Gasteiger partial charge in [0.2, 0.25) is 0 Å². The summed E-state index contributed by atoms with van der Waals surface area (Å²) in [5, 5.41) is 0.563. The first kappa shape index (κ1) is 22.5. The number of allylic oxidation sites excluding steroid dienone is 1. The molecule has 0 bridgehead atoms. The molecule has 1 unspecified atom stereocenters. The highest BCUT2D eigenvalue weighted by Crippen LogP contribution is 2.31. The first-order valence-electron chi connectivity index (χ1n) is 9.70. The molecule has 1 aliphatic rings. The van der Waals surface area contributed by atoms with Gasteiger partial charge in [-0.3, -0.25) is 9.36 Å². The molecule has 0 radical (unpaired) electrons. The van der Waals surface area contributed by atoms with Crippen LogP contribution in [0, 0.1) is 0 Å². The normalized spacial score (nSPS) is 15.8. The van der Waals surface area contributed by atoms with Crippen molar-refractivity contribution in [1.29, 1.82) is 0 Å². The molecule has 4 rings (SSSR count). The quantitative estimate of drug-likeness (QED) is 0.364. The van der Waals surface area contributed by atoms with E-state index in [1.54, 1.807) is 35.8 Å². The van der Waals surface area contributed by atoms with Crippen LogP contribution in [0.5, 0.6) is 0 Å². The maximum Gasteiger partial charge on any atom is 0.338 e. The van der Waals surface area contributed by atoms with Gasteiger partial charge >= 0.3 is 5.97 Å². The summed E-state index contributed by atoms with van der Waals surface area (Å²) in [4.78, 5) is 31.5. The third kappa shape index (κ3) is 4.41. The third-order valence-electron chi connectivity index (χ3n) is 4.93. The van der Waals surface area contributed by atoms with Gasteiger partial charge in [0, 0.05) is 9.50 Å². The van der Waals surface area contributed by atoms with Gasteiger partial charge in [0.25, 0.3) is 5.56 Å². The van der Waals surface area contributed by atoms with Crippen molar-refractivity contribution >= 4 is 50.9 Å². The molecule has 1 aliphatic heterocycles. The number of halogens is 2. The largest absolute Gasteiger partial charge is 0.458 e. The Labute approximate surface area is 201 Å². The van der Waals surface area contributed by atoms with Gasteiger partial charge in [0.15, 0.2) is 4.80 Å². The van der Waals surface area contributed by atoms with Crippen molar-refractivity contribution in [3.63, 3.8) is 0 Å². The second-order valence-electron chi connectivity index (χ2n) is 7.07. The van der Waals surface area contributed by atoms with Gasteiger partial charge in [-0.2, -0.15) is 0 Å². The first-order chi connectivity index (χ1) is 15.4. The van der Waals surface area contributed by atoms with Crippen molar-refractivity contribution in [3.8, 4) is 0 Å². The predicted molar refractivity (Wildman–Crippen MR) is 131 cm³/mol. The van der Waals surface area contributed by atoms with Crippen LogP contribution in [0.2, 0.25) is 5.02 Å². The molecule has 1 aromatic heterocycles. The van der Waals surface area contributed by atoms with Gasteiger partial charge in [0.1, 0.15) is 6.61 Å². The van der Waals surface area contributed by atoms with Gasteiger partial charge in [-0.1, -0.05) is 75.8 Å². The Hall–Kier alpha value is -2.74. The van der Waals surface area contributed by atoms with E-state index in [9.17, 15) is 9.59 Å². The molecule has 0 saturated heterocycles. The van der Waals surface area contributed by atoms with E-state index >= 15 is 0 Å². The number of thiazole rings is 1. The summed E-state index contributed by atoms with van der Waals surface area (Å²) in [5.41, 5.74) is 2.23. The van der Waals surface area contributed by atoms with E-state index in [0.29, 0.717) is 25.6 Å². The van der Waals surface area contributed by atoms with Gasteiger partial charge in [-0.15, -0.1) is 0 Å². The molecule has 8 heteroatoms. The molecule has 0 amide bonds. The van der Waals surface area contributed by atoms with E-state index in [4.69, 9.17) is 16.3 Å². The Bertz CT molecular complexity index is 1400. The average Bonchev–Trinajstić information content (AvgIpc) is 3.08. The van der Waals surface area contributed by atoms with E-state index in [1.807, 2.05) is 30.3 Å². The number of hydrogen-bond donors (Lipinski definition) is 0. The number of aromatic nitrogens is 1. The summed E-state index contributed by atoms with van der Waals surface area (Å²) >= 11 is 10.8.